The van der Waals surface area contributed by atoms with Gasteiger partial charge in [0.25, 0.3) is 0 Å². The van der Waals surface area contributed by atoms with Crippen LogP contribution >= 0.6 is 0 Å². The first-order chi connectivity index (χ1) is 12.5. The molecule has 0 aliphatic rings. The molecule has 0 saturated heterocycles. The fraction of sp³-hybridized carbons (Fsp3) is 1.00. The molecule has 0 aromatic rings. The van der Waals surface area contributed by atoms with E-state index in [1.54, 1.807) is 0 Å². The lowest BCUT2D eigenvalue weighted by atomic mass is 10.0. The molecular formula is C25H54N+. The highest BCUT2D eigenvalue weighted by Crippen LogP contribution is 2.15. The van der Waals surface area contributed by atoms with Gasteiger partial charge in [0.05, 0.1) is 26.7 Å². The summed E-state index contributed by atoms with van der Waals surface area (Å²) >= 11 is 0. The van der Waals surface area contributed by atoms with Crippen molar-refractivity contribution in [2.75, 3.05) is 20.6 Å². The topological polar surface area (TPSA) is 0 Å². The molecule has 0 fully saturated rings. The molecule has 0 aliphatic heterocycles. The zero-order valence-electron chi connectivity index (χ0n) is 19.5. The molecule has 0 amide bonds. The molecule has 0 aliphatic carbocycles. The van der Waals surface area contributed by atoms with E-state index in [0.717, 1.165) is 6.04 Å². The van der Waals surface area contributed by atoms with Crippen molar-refractivity contribution in [1.29, 1.82) is 0 Å². The number of nitrogens with zero attached hydrogens (tertiary/aromatic N) is 1. The highest BCUT2D eigenvalue weighted by Gasteiger charge is 2.18. The Morgan fingerprint density at radius 3 is 1.00 bits per heavy atom. The summed E-state index contributed by atoms with van der Waals surface area (Å²) in [5, 5.41) is 0. The van der Waals surface area contributed by atoms with Crippen LogP contribution in [-0.4, -0.2) is 31.2 Å². The fourth-order valence-electron chi connectivity index (χ4n) is 3.68. The smallest absolute Gasteiger partial charge is 0.0829 e. The Bertz CT molecular complexity index is 269. The molecule has 0 N–H and O–H groups in total. The predicted molar refractivity (Wildman–Crippen MR) is 121 cm³/mol. The van der Waals surface area contributed by atoms with Crippen LogP contribution in [-0.2, 0) is 0 Å². The minimum absolute atomic E-state index is 0.751. The van der Waals surface area contributed by atoms with Crippen LogP contribution in [0.5, 0.6) is 0 Å². The first-order valence-corrected chi connectivity index (χ1v) is 12.3. The average Bonchev–Trinajstić information content (AvgIpc) is 2.60. The highest BCUT2D eigenvalue weighted by atomic mass is 15.3. The maximum absolute atomic E-state index is 2.37. The Balaban J connectivity index is 3.12. The van der Waals surface area contributed by atoms with E-state index in [1.165, 1.54) is 127 Å². The van der Waals surface area contributed by atoms with Gasteiger partial charge in [0.2, 0.25) is 0 Å². The zero-order chi connectivity index (χ0) is 19.5. The van der Waals surface area contributed by atoms with Gasteiger partial charge >= 0.3 is 0 Å². The Morgan fingerprint density at radius 1 is 0.462 bits per heavy atom. The molecule has 1 heteroatoms. The minimum atomic E-state index is 0.751. The van der Waals surface area contributed by atoms with E-state index in [9.17, 15) is 0 Å². The Kier molecular flexibility index (Phi) is 18.3. The van der Waals surface area contributed by atoms with Crippen molar-refractivity contribution in [3.63, 3.8) is 0 Å². The van der Waals surface area contributed by atoms with Crippen molar-refractivity contribution in [3.05, 3.63) is 0 Å². The standard InChI is InChI=1S/C25H54N/c1-6-7-8-9-10-11-12-13-14-15-16-17-18-19-20-21-22-23-24-26(4,5)25(2)3/h25H,6-24H2,1-5H3/q+1. The number of unbranched alkanes of at least 4 members (excludes halogenated alkanes) is 17. The summed E-state index contributed by atoms with van der Waals surface area (Å²) in [6.07, 6.45) is 26.3. The maximum atomic E-state index is 2.37. The Morgan fingerprint density at radius 2 is 0.731 bits per heavy atom. The SMILES string of the molecule is CCCCCCCCCCCCCCCCCCCC[N+](C)(C)C(C)C. The van der Waals surface area contributed by atoms with Crippen LogP contribution in [0.2, 0.25) is 0 Å². The second-order valence-corrected chi connectivity index (χ2v) is 9.61. The van der Waals surface area contributed by atoms with Crippen LogP contribution in [0.3, 0.4) is 0 Å². The van der Waals surface area contributed by atoms with Crippen LogP contribution in [0.1, 0.15) is 136 Å². The van der Waals surface area contributed by atoms with Crippen LogP contribution in [0.15, 0.2) is 0 Å². The van der Waals surface area contributed by atoms with Crippen molar-refractivity contribution >= 4 is 0 Å². The summed E-state index contributed by atoms with van der Waals surface area (Å²) < 4.78 is 1.18. The van der Waals surface area contributed by atoms with Gasteiger partial charge in [0.1, 0.15) is 0 Å². The van der Waals surface area contributed by atoms with E-state index < -0.39 is 0 Å². The Labute approximate surface area is 167 Å². The normalized spacial score (nSPS) is 12.2. The predicted octanol–water partition coefficient (Wildman–Crippen LogP) is 8.51. The van der Waals surface area contributed by atoms with Crippen molar-refractivity contribution in [2.24, 2.45) is 0 Å². The monoisotopic (exact) mass is 368 g/mol. The molecule has 0 spiro atoms. The lowest BCUT2D eigenvalue weighted by Gasteiger charge is -2.34. The summed E-state index contributed by atoms with van der Waals surface area (Å²) in [6, 6.07) is 0.751. The van der Waals surface area contributed by atoms with Gasteiger partial charge in [-0.2, -0.15) is 0 Å². The molecule has 0 aromatic heterocycles. The molecule has 1 nitrogen and oxygen atoms in total. The van der Waals surface area contributed by atoms with Gasteiger partial charge in [-0.25, -0.2) is 0 Å². The van der Waals surface area contributed by atoms with Crippen LogP contribution < -0.4 is 0 Å². The minimum Gasteiger partial charge on any atom is -0.327 e. The van der Waals surface area contributed by atoms with E-state index in [-0.39, 0.29) is 0 Å². The van der Waals surface area contributed by atoms with Crippen molar-refractivity contribution in [1.82, 2.24) is 0 Å². The highest BCUT2D eigenvalue weighted by molar-refractivity contribution is 4.51. The molecule has 158 valence electrons. The van der Waals surface area contributed by atoms with Gasteiger partial charge in [-0.05, 0) is 26.7 Å². The third kappa shape index (κ3) is 17.4. The number of rotatable bonds is 20. The molecule has 0 unspecified atom stereocenters. The molecular weight excluding hydrogens is 314 g/mol. The molecule has 26 heavy (non-hydrogen) atoms. The van der Waals surface area contributed by atoms with Crippen LogP contribution in [0.4, 0.5) is 0 Å². The number of quaternary nitrogens is 1. The van der Waals surface area contributed by atoms with Gasteiger partial charge < -0.3 is 4.48 Å². The van der Waals surface area contributed by atoms with Gasteiger partial charge in [-0.3, -0.25) is 0 Å². The molecule has 0 bridgehead atoms. The van der Waals surface area contributed by atoms with Crippen LogP contribution in [0, 0.1) is 0 Å². The first kappa shape index (κ1) is 26.0. The summed E-state index contributed by atoms with van der Waals surface area (Å²) in [5.74, 6) is 0. The molecule has 0 saturated carbocycles. The number of hydrogen-bond acceptors (Lipinski definition) is 0. The van der Waals surface area contributed by atoms with Crippen LogP contribution in [0.25, 0.3) is 0 Å². The third-order valence-electron chi connectivity index (χ3n) is 6.49. The Hall–Kier alpha value is -0.0400. The second kappa shape index (κ2) is 18.3. The quantitative estimate of drug-likeness (QED) is 0.149. The average molecular weight is 369 g/mol. The molecule has 0 atom stereocenters. The van der Waals surface area contributed by atoms with Crippen molar-refractivity contribution in [3.8, 4) is 0 Å². The van der Waals surface area contributed by atoms with E-state index in [4.69, 9.17) is 0 Å². The zero-order valence-corrected chi connectivity index (χ0v) is 19.5. The van der Waals surface area contributed by atoms with E-state index in [0.29, 0.717) is 0 Å². The summed E-state index contributed by atoms with van der Waals surface area (Å²) in [4.78, 5) is 0. The summed E-state index contributed by atoms with van der Waals surface area (Å²) in [7, 11) is 4.75. The molecule has 0 rings (SSSR count). The molecule has 0 radical (unpaired) electrons. The fourth-order valence-corrected chi connectivity index (χ4v) is 3.68. The number of hydrogen-bond donors (Lipinski definition) is 0. The lowest BCUT2D eigenvalue weighted by Crippen LogP contribution is -2.46. The largest absolute Gasteiger partial charge is 0.327 e. The van der Waals surface area contributed by atoms with E-state index in [1.807, 2.05) is 0 Å². The van der Waals surface area contributed by atoms with Gasteiger partial charge in [0.15, 0.2) is 0 Å². The van der Waals surface area contributed by atoms with Gasteiger partial charge in [0, 0.05) is 0 Å². The summed E-state index contributed by atoms with van der Waals surface area (Å²) in [5.41, 5.74) is 0. The van der Waals surface area contributed by atoms with Gasteiger partial charge in [-0.1, -0.05) is 110 Å². The van der Waals surface area contributed by atoms with E-state index in [2.05, 4.69) is 34.9 Å². The molecule has 0 aromatic carbocycles. The lowest BCUT2D eigenvalue weighted by molar-refractivity contribution is -0.911. The van der Waals surface area contributed by atoms with E-state index >= 15 is 0 Å². The van der Waals surface area contributed by atoms with Gasteiger partial charge in [-0.15, -0.1) is 0 Å². The maximum Gasteiger partial charge on any atom is 0.0829 e. The van der Waals surface area contributed by atoms with Crippen molar-refractivity contribution < 1.29 is 4.48 Å². The molecule has 0 heterocycles. The van der Waals surface area contributed by atoms with Crippen molar-refractivity contribution in [2.45, 2.75) is 142 Å². The third-order valence-corrected chi connectivity index (χ3v) is 6.49. The first-order valence-electron chi connectivity index (χ1n) is 12.3. The summed E-state index contributed by atoms with van der Waals surface area (Å²) in [6.45, 7) is 8.33. The second-order valence-electron chi connectivity index (χ2n) is 9.61.